The van der Waals surface area contributed by atoms with Gasteiger partial charge in [0.05, 0.1) is 5.69 Å². The molecule has 0 saturated carbocycles. The molecule has 0 radical (unpaired) electrons. The average Bonchev–Trinajstić information content (AvgIpc) is 3.22. The maximum atomic E-state index is 4.81. The first-order chi connectivity index (χ1) is 13.9. The first kappa shape index (κ1) is 18.1. The Morgan fingerprint density at radius 2 is 1.90 bits per heavy atom. The summed E-state index contributed by atoms with van der Waals surface area (Å²) in [5.41, 5.74) is 2.78. The Balaban J connectivity index is 1.27. The van der Waals surface area contributed by atoms with Gasteiger partial charge >= 0.3 is 0 Å². The van der Waals surface area contributed by atoms with Crippen LogP contribution >= 0.6 is 0 Å². The SMILES string of the molecule is CN(Cc1cn2ccccc2n1)C1CN(c2ccc3nnc(C(C)(C)C)n3n2)C1. The highest BCUT2D eigenvalue weighted by atomic mass is 15.4. The Kier molecular flexibility index (Phi) is 4.06. The number of anilines is 1. The lowest BCUT2D eigenvalue weighted by Gasteiger charge is -2.44. The fourth-order valence-electron chi connectivity index (χ4n) is 3.78. The van der Waals surface area contributed by atoms with Crippen molar-refractivity contribution in [2.45, 2.75) is 38.8 Å². The molecule has 1 fully saturated rings. The van der Waals surface area contributed by atoms with E-state index >= 15 is 0 Å². The summed E-state index contributed by atoms with van der Waals surface area (Å²) in [4.78, 5) is 9.38. The molecule has 5 heterocycles. The van der Waals surface area contributed by atoms with Crippen LogP contribution in [0.2, 0.25) is 0 Å². The lowest BCUT2D eigenvalue weighted by molar-refractivity contribution is 0.195. The lowest BCUT2D eigenvalue weighted by atomic mass is 9.96. The highest BCUT2D eigenvalue weighted by Gasteiger charge is 2.32. The predicted molar refractivity (Wildman–Crippen MR) is 112 cm³/mol. The zero-order valence-corrected chi connectivity index (χ0v) is 17.3. The topological polar surface area (TPSA) is 66.9 Å². The molecular formula is C21H26N8. The molecule has 0 amide bonds. The minimum absolute atomic E-state index is 0.100. The van der Waals surface area contributed by atoms with Gasteiger partial charge in [-0.15, -0.1) is 15.3 Å². The van der Waals surface area contributed by atoms with E-state index in [4.69, 9.17) is 10.1 Å². The Morgan fingerprint density at radius 1 is 1.07 bits per heavy atom. The molecule has 0 aliphatic carbocycles. The van der Waals surface area contributed by atoms with Gasteiger partial charge in [-0.3, -0.25) is 4.90 Å². The molecule has 4 aromatic heterocycles. The van der Waals surface area contributed by atoms with Crippen LogP contribution < -0.4 is 4.90 Å². The average molecular weight is 390 g/mol. The highest BCUT2D eigenvalue weighted by molar-refractivity contribution is 5.48. The molecule has 5 rings (SSSR count). The molecule has 1 saturated heterocycles. The molecule has 0 N–H and O–H groups in total. The van der Waals surface area contributed by atoms with Gasteiger partial charge in [0, 0.05) is 43.5 Å². The van der Waals surface area contributed by atoms with Crippen LogP contribution in [0.15, 0.2) is 42.7 Å². The van der Waals surface area contributed by atoms with Crippen LogP contribution in [0.1, 0.15) is 32.3 Å². The molecule has 29 heavy (non-hydrogen) atoms. The molecule has 0 aromatic carbocycles. The van der Waals surface area contributed by atoms with E-state index < -0.39 is 0 Å². The Bertz CT molecular complexity index is 1130. The zero-order chi connectivity index (χ0) is 20.2. The molecule has 150 valence electrons. The van der Waals surface area contributed by atoms with Gasteiger partial charge in [0.15, 0.2) is 11.5 Å². The van der Waals surface area contributed by atoms with Crippen molar-refractivity contribution in [1.29, 1.82) is 0 Å². The van der Waals surface area contributed by atoms with Gasteiger partial charge in [0.1, 0.15) is 11.5 Å². The zero-order valence-electron chi connectivity index (χ0n) is 17.3. The third kappa shape index (κ3) is 3.23. The normalized spacial score (nSPS) is 15.6. The summed E-state index contributed by atoms with van der Waals surface area (Å²) in [5.74, 6) is 1.86. The van der Waals surface area contributed by atoms with E-state index in [1.165, 1.54) is 0 Å². The van der Waals surface area contributed by atoms with Gasteiger partial charge in [0.25, 0.3) is 0 Å². The number of nitrogens with zero attached hydrogens (tertiary/aromatic N) is 8. The van der Waals surface area contributed by atoms with E-state index in [-0.39, 0.29) is 5.41 Å². The summed E-state index contributed by atoms with van der Waals surface area (Å²) in [6, 6.07) is 10.6. The van der Waals surface area contributed by atoms with Crippen LogP contribution in [0.5, 0.6) is 0 Å². The summed E-state index contributed by atoms with van der Waals surface area (Å²) in [6.45, 7) is 9.14. The Hall–Kier alpha value is -3.00. The van der Waals surface area contributed by atoms with Gasteiger partial charge in [-0.1, -0.05) is 26.8 Å². The number of fused-ring (bicyclic) bond motifs is 2. The number of hydrogen-bond donors (Lipinski definition) is 0. The maximum absolute atomic E-state index is 4.81. The van der Waals surface area contributed by atoms with Crippen LogP contribution in [0.4, 0.5) is 5.82 Å². The van der Waals surface area contributed by atoms with Crippen LogP contribution in [-0.2, 0) is 12.0 Å². The third-order valence-corrected chi connectivity index (χ3v) is 5.55. The van der Waals surface area contributed by atoms with Crippen molar-refractivity contribution in [3.05, 3.63) is 54.2 Å². The van der Waals surface area contributed by atoms with Crippen molar-refractivity contribution in [2.75, 3.05) is 25.0 Å². The summed E-state index contributed by atoms with van der Waals surface area (Å²) >= 11 is 0. The lowest BCUT2D eigenvalue weighted by Crippen LogP contribution is -2.58. The fourth-order valence-corrected chi connectivity index (χ4v) is 3.78. The minimum atomic E-state index is -0.100. The van der Waals surface area contributed by atoms with Gasteiger partial charge < -0.3 is 9.30 Å². The molecule has 0 atom stereocenters. The maximum Gasteiger partial charge on any atom is 0.178 e. The molecule has 8 heteroatoms. The van der Waals surface area contributed by atoms with Crippen molar-refractivity contribution in [2.24, 2.45) is 0 Å². The summed E-state index contributed by atoms with van der Waals surface area (Å²) in [5, 5.41) is 13.4. The molecule has 1 aliphatic rings. The van der Waals surface area contributed by atoms with E-state index in [2.05, 4.69) is 58.4 Å². The highest BCUT2D eigenvalue weighted by Crippen LogP contribution is 2.25. The number of pyridine rings is 1. The second-order valence-electron chi connectivity index (χ2n) is 8.91. The number of imidazole rings is 1. The Morgan fingerprint density at radius 3 is 2.66 bits per heavy atom. The quantitative estimate of drug-likeness (QED) is 0.533. The second-order valence-corrected chi connectivity index (χ2v) is 8.91. The van der Waals surface area contributed by atoms with Gasteiger partial charge in [-0.05, 0) is 31.3 Å². The fraction of sp³-hybridized carbons (Fsp3) is 0.429. The van der Waals surface area contributed by atoms with E-state index in [0.717, 1.165) is 48.3 Å². The van der Waals surface area contributed by atoms with Crippen LogP contribution in [0.3, 0.4) is 0 Å². The first-order valence-electron chi connectivity index (χ1n) is 9.99. The first-order valence-corrected chi connectivity index (χ1v) is 9.99. The Labute approximate surface area is 169 Å². The van der Waals surface area contributed by atoms with Crippen LogP contribution in [0, 0.1) is 0 Å². The number of rotatable bonds is 4. The van der Waals surface area contributed by atoms with Crippen molar-refractivity contribution < 1.29 is 0 Å². The summed E-state index contributed by atoms with van der Waals surface area (Å²) < 4.78 is 3.95. The van der Waals surface area contributed by atoms with Crippen molar-refractivity contribution in [1.82, 2.24) is 34.1 Å². The smallest absolute Gasteiger partial charge is 0.178 e. The molecular weight excluding hydrogens is 364 g/mol. The molecule has 8 nitrogen and oxygen atoms in total. The molecule has 0 unspecified atom stereocenters. The molecule has 0 spiro atoms. The van der Waals surface area contributed by atoms with Crippen molar-refractivity contribution in [3.8, 4) is 0 Å². The number of likely N-dealkylation sites (N-methyl/N-ethyl adjacent to an activating group) is 1. The predicted octanol–water partition coefficient (Wildman–Crippen LogP) is 2.39. The molecule has 0 bridgehead atoms. The third-order valence-electron chi connectivity index (χ3n) is 5.55. The summed E-state index contributed by atoms with van der Waals surface area (Å²) in [6.07, 6.45) is 4.15. The van der Waals surface area contributed by atoms with Crippen LogP contribution in [-0.4, -0.2) is 60.3 Å². The van der Waals surface area contributed by atoms with Gasteiger partial charge in [0.2, 0.25) is 0 Å². The van der Waals surface area contributed by atoms with E-state index in [0.29, 0.717) is 6.04 Å². The van der Waals surface area contributed by atoms with Crippen molar-refractivity contribution in [3.63, 3.8) is 0 Å². The number of hydrogen-bond acceptors (Lipinski definition) is 6. The van der Waals surface area contributed by atoms with Crippen molar-refractivity contribution >= 4 is 17.1 Å². The minimum Gasteiger partial charge on any atom is -0.352 e. The molecule has 1 aliphatic heterocycles. The standard InChI is InChI=1S/C21H26N8/c1-21(2,3)20-24-23-18-8-9-19(25-29(18)20)28-13-16(14-28)26(4)11-15-12-27-10-6-5-7-17(27)22-15/h5-10,12,16H,11,13-14H2,1-4H3. The monoisotopic (exact) mass is 390 g/mol. The van der Waals surface area contributed by atoms with E-state index in [9.17, 15) is 0 Å². The van der Waals surface area contributed by atoms with E-state index in [1.807, 2.05) is 41.0 Å². The van der Waals surface area contributed by atoms with E-state index in [1.54, 1.807) is 0 Å². The molecule has 4 aromatic rings. The largest absolute Gasteiger partial charge is 0.352 e. The van der Waals surface area contributed by atoms with Gasteiger partial charge in [-0.25, -0.2) is 4.98 Å². The number of aromatic nitrogens is 6. The summed E-state index contributed by atoms with van der Waals surface area (Å²) in [7, 11) is 2.17. The second kappa shape index (κ2) is 6.52. The van der Waals surface area contributed by atoms with Crippen LogP contribution in [0.25, 0.3) is 11.3 Å². The van der Waals surface area contributed by atoms with Gasteiger partial charge in [-0.2, -0.15) is 4.52 Å².